The van der Waals surface area contributed by atoms with Crippen LogP contribution in [0.3, 0.4) is 0 Å². The molecule has 1 aromatic carbocycles. The third-order valence-corrected chi connectivity index (χ3v) is 6.26. The van der Waals surface area contributed by atoms with Gasteiger partial charge >= 0.3 is 0 Å². The van der Waals surface area contributed by atoms with Crippen LogP contribution >= 0.6 is 11.3 Å². The average molecular weight is 354 g/mol. The van der Waals surface area contributed by atoms with Crippen molar-refractivity contribution in [2.24, 2.45) is 0 Å². The van der Waals surface area contributed by atoms with E-state index in [2.05, 4.69) is 9.71 Å². The second kappa shape index (κ2) is 6.98. The average Bonchev–Trinajstić information content (AvgIpc) is 3.02. The van der Waals surface area contributed by atoms with Crippen LogP contribution in [-0.4, -0.2) is 18.5 Å². The van der Waals surface area contributed by atoms with Crippen molar-refractivity contribution in [3.8, 4) is 0 Å². The Morgan fingerprint density at radius 2 is 1.78 bits per heavy atom. The number of nitrogens with zero attached hydrogens (tertiary/aromatic N) is 1. The molecule has 0 aliphatic rings. The lowest BCUT2D eigenvalue weighted by Gasteiger charge is -2.22. The number of benzene rings is 1. The fourth-order valence-electron chi connectivity index (χ4n) is 2.22. The van der Waals surface area contributed by atoms with Crippen LogP contribution in [0, 0.1) is 0 Å². The maximum atomic E-state index is 12.4. The maximum absolute atomic E-state index is 12.4. The van der Waals surface area contributed by atoms with Gasteiger partial charge in [0.15, 0.2) is 5.13 Å². The number of sulfonamides is 1. The van der Waals surface area contributed by atoms with E-state index in [0.29, 0.717) is 18.5 Å². The van der Waals surface area contributed by atoms with E-state index in [1.165, 1.54) is 11.3 Å². The Kier molecular flexibility index (Phi) is 5.44. The molecule has 1 aromatic heterocycles. The molecule has 2 rings (SSSR count). The van der Waals surface area contributed by atoms with Crippen LogP contribution in [0.25, 0.3) is 0 Å². The monoisotopic (exact) mass is 354 g/mol. The molecule has 2 aromatic rings. The summed E-state index contributed by atoms with van der Waals surface area (Å²) in [5.74, 6) is 0. The fraction of sp³-hybridized carbons (Fsp3) is 0.438. The summed E-state index contributed by atoms with van der Waals surface area (Å²) in [5, 5.41) is 12.4. The number of nitrogens with one attached hydrogen (secondary N) is 1. The number of aromatic nitrogens is 1. The minimum absolute atomic E-state index is 0.202. The summed E-state index contributed by atoms with van der Waals surface area (Å²) < 4.78 is 27.3. The van der Waals surface area contributed by atoms with E-state index in [4.69, 9.17) is 0 Å². The first-order chi connectivity index (χ1) is 10.8. The number of aryl methyl sites for hydroxylation is 1. The summed E-state index contributed by atoms with van der Waals surface area (Å²) in [5.41, 5.74) is 0.575. The van der Waals surface area contributed by atoms with Crippen molar-refractivity contribution < 1.29 is 13.5 Å². The van der Waals surface area contributed by atoms with E-state index in [1.54, 1.807) is 29.6 Å². The molecule has 0 aliphatic carbocycles. The number of hydrogen-bond donors (Lipinski definition) is 2. The first kappa shape index (κ1) is 17.9. The molecule has 23 heavy (non-hydrogen) atoms. The number of aliphatic hydroxyl groups is 1. The molecule has 0 atom stereocenters. The predicted octanol–water partition coefficient (Wildman–Crippen LogP) is 3.51. The molecular formula is C16H22N2O3S2. The largest absolute Gasteiger partial charge is 0.384 e. The number of rotatable bonds is 7. The van der Waals surface area contributed by atoms with Gasteiger partial charge in [0, 0.05) is 5.38 Å². The van der Waals surface area contributed by atoms with Crippen molar-refractivity contribution in [2.45, 2.75) is 50.5 Å². The zero-order chi connectivity index (χ0) is 17.1. The van der Waals surface area contributed by atoms with E-state index >= 15 is 0 Å². The van der Waals surface area contributed by atoms with Gasteiger partial charge in [0.25, 0.3) is 10.0 Å². The molecule has 0 radical (unpaired) electrons. The number of hydrogen-bond acceptors (Lipinski definition) is 5. The van der Waals surface area contributed by atoms with Crippen LogP contribution in [0.2, 0.25) is 0 Å². The van der Waals surface area contributed by atoms with Crippen LogP contribution < -0.4 is 4.72 Å². The van der Waals surface area contributed by atoms with Crippen LogP contribution in [0.5, 0.6) is 0 Å². The molecule has 0 bridgehead atoms. The highest BCUT2D eigenvalue weighted by atomic mass is 32.2. The molecule has 5 nitrogen and oxygen atoms in total. The van der Waals surface area contributed by atoms with E-state index in [-0.39, 0.29) is 10.0 Å². The predicted molar refractivity (Wildman–Crippen MR) is 93.2 cm³/mol. The summed E-state index contributed by atoms with van der Waals surface area (Å²) in [4.78, 5) is 4.45. The molecule has 2 N–H and O–H groups in total. The lowest BCUT2D eigenvalue weighted by atomic mass is 9.94. The van der Waals surface area contributed by atoms with Gasteiger partial charge in [-0.25, -0.2) is 13.4 Å². The highest BCUT2D eigenvalue weighted by Gasteiger charge is 2.28. The van der Waals surface area contributed by atoms with E-state index in [1.807, 2.05) is 20.8 Å². The second-order valence-corrected chi connectivity index (χ2v) is 7.92. The highest BCUT2D eigenvalue weighted by molar-refractivity contribution is 7.93. The van der Waals surface area contributed by atoms with Crippen molar-refractivity contribution in [2.75, 3.05) is 4.72 Å². The highest BCUT2D eigenvalue weighted by Crippen LogP contribution is 2.31. The van der Waals surface area contributed by atoms with Gasteiger partial charge in [0.2, 0.25) is 0 Å². The summed E-state index contributed by atoms with van der Waals surface area (Å²) in [6.45, 7) is 5.77. The Morgan fingerprint density at radius 1 is 1.17 bits per heavy atom. The summed E-state index contributed by atoms with van der Waals surface area (Å²) in [6, 6.07) is 6.78. The summed E-state index contributed by atoms with van der Waals surface area (Å²) in [7, 11) is -3.67. The normalized spacial score (nSPS) is 12.3. The zero-order valence-corrected chi connectivity index (χ0v) is 15.2. The van der Waals surface area contributed by atoms with Crippen molar-refractivity contribution in [3.05, 3.63) is 40.9 Å². The molecule has 1 heterocycles. The van der Waals surface area contributed by atoms with Crippen molar-refractivity contribution in [3.63, 3.8) is 0 Å². The standard InChI is InChI=1S/C16H22N2O3S2/c1-4-12-7-9-13(10-8-12)23(20,21)18-15-17-14(11-22-15)16(19,5-2)6-3/h7-11,19H,4-6H2,1-3H3,(H,17,18). The van der Waals surface area contributed by atoms with Gasteiger partial charge in [0.1, 0.15) is 5.60 Å². The van der Waals surface area contributed by atoms with E-state index < -0.39 is 15.6 Å². The van der Waals surface area contributed by atoms with Gasteiger partial charge < -0.3 is 5.11 Å². The van der Waals surface area contributed by atoms with Gasteiger partial charge in [-0.3, -0.25) is 4.72 Å². The van der Waals surface area contributed by atoms with Crippen molar-refractivity contribution in [1.82, 2.24) is 4.98 Å². The molecule has 0 unspecified atom stereocenters. The number of thiazole rings is 1. The third-order valence-electron chi connectivity index (χ3n) is 4.01. The van der Waals surface area contributed by atoms with Gasteiger partial charge in [-0.2, -0.15) is 0 Å². The Labute approximate surface area is 141 Å². The molecule has 7 heteroatoms. The summed E-state index contributed by atoms with van der Waals surface area (Å²) >= 11 is 1.17. The Balaban J connectivity index is 2.22. The molecule has 0 amide bonds. The molecule has 0 saturated heterocycles. The molecule has 0 fully saturated rings. The topological polar surface area (TPSA) is 79.3 Å². The SMILES string of the molecule is CCc1ccc(S(=O)(=O)Nc2nc(C(O)(CC)CC)cs2)cc1. The fourth-order valence-corrected chi connectivity index (χ4v) is 4.28. The van der Waals surface area contributed by atoms with Crippen LogP contribution in [0.15, 0.2) is 34.5 Å². The smallest absolute Gasteiger partial charge is 0.263 e. The van der Waals surface area contributed by atoms with Gasteiger partial charge in [-0.1, -0.05) is 32.9 Å². The maximum Gasteiger partial charge on any atom is 0.263 e. The van der Waals surface area contributed by atoms with E-state index in [0.717, 1.165) is 12.0 Å². The van der Waals surface area contributed by atoms with Gasteiger partial charge in [-0.05, 0) is 37.0 Å². The van der Waals surface area contributed by atoms with Gasteiger partial charge in [0.05, 0.1) is 10.6 Å². The van der Waals surface area contributed by atoms with Crippen molar-refractivity contribution in [1.29, 1.82) is 0 Å². The Bertz CT molecular complexity index is 748. The molecular weight excluding hydrogens is 332 g/mol. The van der Waals surface area contributed by atoms with E-state index in [9.17, 15) is 13.5 Å². The van der Waals surface area contributed by atoms with Crippen LogP contribution in [0.1, 0.15) is 44.9 Å². The zero-order valence-electron chi connectivity index (χ0n) is 13.5. The molecule has 126 valence electrons. The third kappa shape index (κ3) is 3.91. The Morgan fingerprint density at radius 3 is 2.30 bits per heavy atom. The number of anilines is 1. The molecule has 0 aliphatic heterocycles. The van der Waals surface area contributed by atoms with Crippen LogP contribution in [0.4, 0.5) is 5.13 Å². The first-order valence-electron chi connectivity index (χ1n) is 7.64. The molecule has 0 saturated carbocycles. The lowest BCUT2D eigenvalue weighted by molar-refractivity contribution is 0.0247. The summed E-state index contributed by atoms with van der Waals surface area (Å²) in [6.07, 6.45) is 1.91. The Hall–Kier alpha value is -1.44. The molecule has 0 spiro atoms. The minimum atomic E-state index is -3.67. The van der Waals surface area contributed by atoms with Crippen LogP contribution in [-0.2, 0) is 22.0 Å². The quantitative estimate of drug-likeness (QED) is 0.797. The second-order valence-electron chi connectivity index (χ2n) is 5.38. The first-order valence-corrected chi connectivity index (χ1v) is 10.0. The lowest BCUT2D eigenvalue weighted by Crippen LogP contribution is -2.24. The minimum Gasteiger partial charge on any atom is -0.384 e. The van der Waals surface area contributed by atoms with Crippen molar-refractivity contribution >= 4 is 26.5 Å². The van der Waals surface area contributed by atoms with Gasteiger partial charge in [-0.15, -0.1) is 11.3 Å².